The molecule has 2 saturated heterocycles. The fourth-order valence-electron chi connectivity index (χ4n) is 7.01. The van der Waals surface area contributed by atoms with E-state index in [0.717, 1.165) is 45.3 Å². The lowest BCUT2D eigenvalue weighted by atomic mass is 9.98. The molecule has 0 radical (unpaired) electrons. The highest BCUT2D eigenvalue weighted by atomic mass is 16.8. The molecule has 2 aliphatic rings. The zero-order valence-corrected chi connectivity index (χ0v) is 31.0. The molecule has 0 aromatic carbocycles. The summed E-state index contributed by atoms with van der Waals surface area (Å²) in [5, 5.41) is 0. The van der Waals surface area contributed by atoms with Crippen LogP contribution >= 0.6 is 0 Å². The van der Waals surface area contributed by atoms with Gasteiger partial charge in [-0.15, -0.1) is 0 Å². The van der Waals surface area contributed by atoms with Crippen LogP contribution in [0.3, 0.4) is 0 Å². The van der Waals surface area contributed by atoms with Crippen LogP contribution in [0.5, 0.6) is 0 Å². The highest BCUT2D eigenvalue weighted by Gasteiger charge is 2.50. The number of likely N-dealkylation sites (N-methyl/N-ethyl adjacent to an activating group) is 1. The second-order valence-corrected chi connectivity index (χ2v) is 14.2. The van der Waals surface area contributed by atoms with Gasteiger partial charge in [-0.05, 0) is 83.6 Å². The van der Waals surface area contributed by atoms with Crippen molar-refractivity contribution in [3.05, 3.63) is 48.6 Å². The Morgan fingerprint density at radius 3 is 1.17 bits per heavy atom. The molecule has 3 nitrogen and oxygen atoms in total. The van der Waals surface area contributed by atoms with E-state index in [9.17, 15) is 0 Å². The minimum Gasteiger partial charge on any atom is -0.343 e. The standard InChI is InChI=1S/C43H77NO2/c1-4-7-9-11-13-15-17-19-21-23-25-27-29-31-33-35-37-43(45-41-39-44(6-3)40-42(41)46-43)38-36-34-32-30-28-26-24-22-20-18-16-14-12-10-8-5-2/h13-16,19-22,41-42H,4-12,17-18,23-40H2,1-3H3/b15-13-,16-14-,21-19-,22-20-/t41-,42-/m0/s1. The molecule has 2 atom stereocenters. The predicted octanol–water partition coefficient (Wildman–Crippen LogP) is 13.2. The number of fused-ring (bicyclic) bond motifs is 1. The number of allylic oxidation sites excluding steroid dienone is 8. The maximum atomic E-state index is 6.76. The molecule has 2 fully saturated rings. The largest absolute Gasteiger partial charge is 0.343 e. The number of unbranched alkanes of at least 4 members (excludes halogenated alkanes) is 18. The Kier molecular flexibility index (Phi) is 25.7. The van der Waals surface area contributed by atoms with Crippen molar-refractivity contribution in [2.24, 2.45) is 0 Å². The Hall–Kier alpha value is -1.16. The van der Waals surface area contributed by atoms with Gasteiger partial charge in [0.25, 0.3) is 0 Å². The van der Waals surface area contributed by atoms with Crippen LogP contribution in [0.4, 0.5) is 0 Å². The van der Waals surface area contributed by atoms with E-state index in [0.29, 0.717) is 0 Å². The molecule has 2 rings (SSSR count). The highest BCUT2D eigenvalue weighted by Crippen LogP contribution is 2.40. The molecule has 2 heterocycles. The maximum Gasteiger partial charge on any atom is 0.169 e. The average molecular weight is 640 g/mol. The van der Waals surface area contributed by atoms with E-state index in [1.807, 2.05) is 0 Å². The molecule has 0 aromatic heterocycles. The molecule has 0 bridgehead atoms. The van der Waals surface area contributed by atoms with Gasteiger partial charge < -0.3 is 9.47 Å². The fourth-order valence-corrected chi connectivity index (χ4v) is 7.01. The molecule has 0 saturated carbocycles. The van der Waals surface area contributed by atoms with Crippen LogP contribution in [-0.4, -0.2) is 42.5 Å². The lowest BCUT2D eigenvalue weighted by Crippen LogP contribution is -2.35. The van der Waals surface area contributed by atoms with Crippen LogP contribution in [0.25, 0.3) is 0 Å². The van der Waals surface area contributed by atoms with Crippen molar-refractivity contribution in [2.45, 2.75) is 206 Å². The Morgan fingerprint density at radius 2 is 0.804 bits per heavy atom. The third-order valence-electron chi connectivity index (χ3n) is 9.99. The number of rotatable bonds is 31. The van der Waals surface area contributed by atoms with Crippen molar-refractivity contribution < 1.29 is 9.47 Å². The number of hydrogen-bond acceptors (Lipinski definition) is 3. The van der Waals surface area contributed by atoms with E-state index >= 15 is 0 Å². The second-order valence-electron chi connectivity index (χ2n) is 14.2. The molecular formula is C43H77NO2. The lowest BCUT2D eigenvalue weighted by molar-refractivity contribution is -0.193. The molecule has 2 aliphatic heterocycles. The van der Waals surface area contributed by atoms with Crippen LogP contribution in [0.2, 0.25) is 0 Å². The topological polar surface area (TPSA) is 21.7 Å². The van der Waals surface area contributed by atoms with Crippen molar-refractivity contribution >= 4 is 0 Å². The van der Waals surface area contributed by atoms with Gasteiger partial charge in [0.05, 0.1) is 0 Å². The first kappa shape index (κ1) is 41.0. The zero-order valence-electron chi connectivity index (χ0n) is 31.0. The van der Waals surface area contributed by atoms with E-state index < -0.39 is 0 Å². The van der Waals surface area contributed by atoms with Crippen LogP contribution in [-0.2, 0) is 9.47 Å². The quantitative estimate of drug-likeness (QED) is 0.0556. The van der Waals surface area contributed by atoms with E-state index in [4.69, 9.17) is 9.47 Å². The van der Waals surface area contributed by atoms with E-state index in [2.05, 4.69) is 74.3 Å². The average Bonchev–Trinajstić information content (AvgIpc) is 3.60. The molecule has 0 amide bonds. The summed E-state index contributed by atoms with van der Waals surface area (Å²) in [6.07, 6.45) is 52.7. The number of nitrogens with zero attached hydrogens (tertiary/aromatic N) is 1. The first-order valence-corrected chi connectivity index (χ1v) is 20.4. The van der Waals surface area contributed by atoms with Gasteiger partial charge in [0, 0.05) is 25.9 Å². The van der Waals surface area contributed by atoms with Crippen molar-refractivity contribution in [1.29, 1.82) is 0 Å². The van der Waals surface area contributed by atoms with Crippen molar-refractivity contribution in [1.82, 2.24) is 4.90 Å². The van der Waals surface area contributed by atoms with Gasteiger partial charge in [-0.2, -0.15) is 0 Å². The van der Waals surface area contributed by atoms with Gasteiger partial charge in [0.15, 0.2) is 5.79 Å². The van der Waals surface area contributed by atoms with Gasteiger partial charge in [-0.25, -0.2) is 0 Å². The van der Waals surface area contributed by atoms with Crippen LogP contribution < -0.4 is 0 Å². The molecule has 0 N–H and O–H groups in total. The number of hydrogen-bond donors (Lipinski definition) is 0. The van der Waals surface area contributed by atoms with E-state index in [1.54, 1.807) is 0 Å². The third kappa shape index (κ3) is 20.3. The Bertz CT molecular complexity index is 735. The van der Waals surface area contributed by atoms with Crippen molar-refractivity contribution in [3.63, 3.8) is 0 Å². The molecule has 0 aromatic rings. The first-order valence-electron chi connectivity index (χ1n) is 20.4. The van der Waals surface area contributed by atoms with Gasteiger partial charge in [-0.3, -0.25) is 4.90 Å². The van der Waals surface area contributed by atoms with Crippen molar-refractivity contribution in [3.8, 4) is 0 Å². The lowest BCUT2D eigenvalue weighted by Gasteiger charge is -2.30. The summed E-state index contributed by atoms with van der Waals surface area (Å²) >= 11 is 0. The second kappa shape index (κ2) is 28.8. The Labute approximate surface area is 287 Å². The summed E-state index contributed by atoms with van der Waals surface area (Å²) in [4.78, 5) is 2.49. The van der Waals surface area contributed by atoms with Crippen LogP contribution in [0.1, 0.15) is 188 Å². The van der Waals surface area contributed by atoms with Crippen LogP contribution in [0, 0.1) is 0 Å². The molecule has 0 unspecified atom stereocenters. The molecular weight excluding hydrogens is 562 g/mol. The smallest absolute Gasteiger partial charge is 0.169 e. The zero-order chi connectivity index (χ0) is 32.8. The molecule has 0 aliphatic carbocycles. The predicted molar refractivity (Wildman–Crippen MR) is 203 cm³/mol. The summed E-state index contributed by atoms with van der Waals surface area (Å²) in [5.41, 5.74) is 0. The summed E-state index contributed by atoms with van der Waals surface area (Å²) < 4.78 is 13.5. The van der Waals surface area contributed by atoms with E-state index in [1.165, 1.54) is 141 Å². The van der Waals surface area contributed by atoms with Gasteiger partial charge in [-0.1, -0.05) is 146 Å². The summed E-state index contributed by atoms with van der Waals surface area (Å²) in [6.45, 7) is 10.00. The number of likely N-dealkylation sites (tertiary alicyclic amines) is 1. The molecule has 0 spiro atoms. The summed E-state index contributed by atoms with van der Waals surface area (Å²) in [5.74, 6) is -0.306. The minimum absolute atomic E-state index is 0.286. The number of ether oxygens (including phenoxy) is 2. The van der Waals surface area contributed by atoms with Crippen LogP contribution in [0.15, 0.2) is 48.6 Å². The van der Waals surface area contributed by atoms with Gasteiger partial charge in [0.2, 0.25) is 0 Å². The fraction of sp³-hybridized carbons (Fsp3) is 0.814. The first-order chi connectivity index (χ1) is 22.7. The summed E-state index contributed by atoms with van der Waals surface area (Å²) in [6, 6.07) is 0. The highest BCUT2D eigenvalue weighted by molar-refractivity contribution is 4.95. The van der Waals surface area contributed by atoms with E-state index in [-0.39, 0.29) is 18.0 Å². The third-order valence-corrected chi connectivity index (χ3v) is 9.99. The molecule has 266 valence electrons. The van der Waals surface area contributed by atoms with Gasteiger partial charge >= 0.3 is 0 Å². The monoisotopic (exact) mass is 640 g/mol. The Morgan fingerprint density at radius 1 is 0.457 bits per heavy atom. The maximum absolute atomic E-state index is 6.76. The van der Waals surface area contributed by atoms with Gasteiger partial charge in [0.1, 0.15) is 12.2 Å². The minimum atomic E-state index is -0.306. The molecule has 3 heteroatoms. The van der Waals surface area contributed by atoms with Crippen molar-refractivity contribution in [2.75, 3.05) is 19.6 Å². The normalized spacial score (nSPS) is 20.1. The Balaban J connectivity index is 1.52. The summed E-state index contributed by atoms with van der Waals surface area (Å²) in [7, 11) is 0. The SMILES string of the molecule is CCCCC/C=C\C/C=C\CCCCCCCCC1(CCCCCCCC/C=C\C/C=C\CCCCC)O[C@H]2CN(CC)C[C@@H]2O1. The molecule has 46 heavy (non-hydrogen) atoms.